The van der Waals surface area contributed by atoms with Gasteiger partial charge in [0.2, 0.25) is 0 Å². The molecule has 0 unspecified atom stereocenters. The van der Waals surface area contributed by atoms with Crippen LogP contribution in [0.5, 0.6) is 0 Å². The third-order valence-electron chi connectivity index (χ3n) is 2.15. The molecule has 1 aromatic rings. The fourth-order valence-electron chi connectivity index (χ4n) is 1.29. The van der Waals surface area contributed by atoms with Crippen molar-refractivity contribution < 1.29 is 4.74 Å². The van der Waals surface area contributed by atoms with Crippen LogP contribution >= 0.6 is 11.8 Å². The minimum absolute atomic E-state index is 0.0307. The lowest BCUT2D eigenvalue weighted by Gasteiger charge is -2.11. The van der Waals surface area contributed by atoms with E-state index in [9.17, 15) is 0 Å². The van der Waals surface area contributed by atoms with Gasteiger partial charge in [-0.15, -0.1) is 10.2 Å². The van der Waals surface area contributed by atoms with Crippen molar-refractivity contribution in [3.05, 3.63) is 12.2 Å². The summed E-state index contributed by atoms with van der Waals surface area (Å²) in [5.74, 6) is 1.89. The van der Waals surface area contributed by atoms with Gasteiger partial charge in [0.25, 0.3) is 0 Å². The van der Waals surface area contributed by atoms with Crippen molar-refractivity contribution in [2.75, 3.05) is 25.7 Å². The quantitative estimate of drug-likeness (QED) is 0.746. The topological polar surface area (TPSA) is 66.0 Å². The molecule has 0 saturated heterocycles. The first-order chi connectivity index (χ1) is 7.29. The lowest BCUT2D eigenvalue weighted by Crippen LogP contribution is -2.18. The molecule has 0 spiro atoms. The zero-order chi connectivity index (χ0) is 11.1. The standard InChI is InChI=1S/C9H18N4OS/c1-14-5-4-13-7-11-12-9(13)8(10)3-6-15-2/h7-8H,3-6,10H2,1-2H3/t8-/m1/s1. The summed E-state index contributed by atoms with van der Waals surface area (Å²) in [5.41, 5.74) is 6.02. The van der Waals surface area contributed by atoms with E-state index in [-0.39, 0.29) is 6.04 Å². The molecule has 86 valence electrons. The predicted octanol–water partition coefficient (Wildman–Crippen LogP) is 0.677. The highest BCUT2D eigenvalue weighted by Crippen LogP contribution is 2.13. The third kappa shape index (κ3) is 3.81. The third-order valence-corrected chi connectivity index (χ3v) is 2.79. The van der Waals surface area contributed by atoms with Crippen LogP contribution in [0.4, 0.5) is 0 Å². The van der Waals surface area contributed by atoms with E-state index in [0.29, 0.717) is 6.61 Å². The van der Waals surface area contributed by atoms with Gasteiger partial charge in [-0.05, 0) is 18.4 Å². The molecule has 0 saturated carbocycles. The zero-order valence-electron chi connectivity index (χ0n) is 9.22. The normalized spacial score (nSPS) is 13.0. The molecule has 0 aliphatic heterocycles. The largest absolute Gasteiger partial charge is 0.383 e. The van der Waals surface area contributed by atoms with Gasteiger partial charge in [-0.3, -0.25) is 0 Å². The summed E-state index contributed by atoms with van der Waals surface area (Å²) in [4.78, 5) is 0. The Labute approximate surface area is 94.4 Å². The van der Waals surface area contributed by atoms with Gasteiger partial charge in [0, 0.05) is 13.7 Å². The summed E-state index contributed by atoms with van der Waals surface area (Å²) < 4.78 is 6.96. The molecular formula is C9H18N4OS. The van der Waals surface area contributed by atoms with Crippen LogP contribution in [0.25, 0.3) is 0 Å². The van der Waals surface area contributed by atoms with Crippen molar-refractivity contribution in [3.8, 4) is 0 Å². The molecule has 1 heterocycles. The average Bonchev–Trinajstić information content (AvgIpc) is 2.71. The number of hydrogen-bond acceptors (Lipinski definition) is 5. The van der Waals surface area contributed by atoms with Crippen molar-refractivity contribution in [2.24, 2.45) is 5.73 Å². The van der Waals surface area contributed by atoms with Gasteiger partial charge in [0.05, 0.1) is 12.6 Å². The zero-order valence-corrected chi connectivity index (χ0v) is 10.0. The average molecular weight is 230 g/mol. The van der Waals surface area contributed by atoms with Crippen LogP contribution in [-0.2, 0) is 11.3 Å². The van der Waals surface area contributed by atoms with Crippen LogP contribution in [0.1, 0.15) is 18.3 Å². The summed E-state index contributed by atoms with van der Waals surface area (Å²) >= 11 is 1.79. The van der Waals surface area contributed by atoms with Crippen LogP contribution in [0, 0.1) is 0 Å². The Bertz CT molecular complexity index is 279. The minimum Gasteiger partial charge on any atom is -0.383 e. The molecule has 0 aromatic carbocycles. The van der Waals surface area contributed by atoms with Crippen molar-refractivity contribution in [1.82, 2.24) is 14.8 Å². The van der Waals surface area contributed by atoms with Crippen LogP contribution in [-0.4, -0.2) is 40.5 Å². The Hall–Kier alpha value is -0.590. The summed E-state index contributed by atoms with van der Waals surface area (Å²) in [6, 6.07) is -0.0307. The van der Waals surface area contributed by atoms with Gasteiger partial charge in [0.15, 0.2) is 0 Å². The molecule has 2 N–H and O–H groups in total. The maximum Gasteiger partial charge on any atom is 0.149 e. The van der Waals surface area contributed by atoms with Gasteiger partial charge in [-0.25, -0.2) is 0 Å². The van der Waals surface area contributed by atoms with Crippen molar-refractivity contribution in [1.29, 1.82) is 0 Å². The van der Waals surface area contributed by atoms with Gasteiger partial charge >= 0.3 is 0 Å². The van der Waals surface area contributed by atoms with E-state index in [0.717, 1.165) is 24.5 Å². The second-order valence-corrected chi connectivity index (χ2v) is 4.25. The van der Waals surface area contributed by atoms with Crippen LogP contribution in [0.15, 0.2) is 6.33 Å². The highest BCUT2D eigenvalue weighted by atomic mass is 32.2. The first-order valence-electron chi connectivity index (χ1n) is 4.90. The van der Waals surface area contributed by atoms with E-state index < -0.39 is 0 Å². The Kier molecular flexibility index (Phi) is 5.67. The highest BCUT2D eigenvalue weighted by molar-refractivity contribution is 7.98. The number of ether oxygens (including phenoxy) is 1. The Morgan fingerprint density at radius 1 is 1.67 bits per heavy atom. The second-order valence-electron chi connectivity index (χ2n) is 3.26. The van der Waals surface area contributed by atoms with Crippen LogP contribution < -0.4 is 5.73 Å². The molecule has 0 fully saturated rings. The lowest BCUT2D eigenvalue weighted by atomic mass is 10.2. The van der Waals surface area contributed by atoms with E-state index in [4.69, 9.17) is 10.5 Å². The number of nitrogens with two attached hydrogens (primary N) is 1. The molecule has 1 aromatic heterocycles. The van der Waals surface area contributed by atoms with E-state index in [1.54, 1.807) is 25.2 Å². The molecule has 0 bridgehead atoms. The number of aromatic nitrogens is 3. The molecule has 6 heteroatoms. The number of methoxy groups -OCH3 is 1. The SMILES string of the molecule is COCCn1cnnc1[C@H](N)CCSC. The molecule has 0 radical (unpaired) electrons. The number of thioether (sulfide) groups is 1. The minimum atomic E-state index is -0.0307. The van der Waals surface area contributed by atoms with Crippen LogP contribution in [0.3, 0.4) is 0 Å². The molecule has 15 heavy (non-hydrogen) atoms. The fourth-order valence-corrected chi connectivity index (χ4v) is 1.78. The second kappa shape index (κ2) is 6.81. The summed E-state index contributed by atoms with van der Waals surface area (Å²) in [6.07, 6.45) is 4.70. The number of rotatable bonds is 7. The van der Waals surface area contributed by atoms with Gasteiger partial charge in [0.1, 0.15) is 12.2 Å². The van der Waals surface area contributed by atoms with E-state index in [1.807, 2.05) is 4.57 Å². The number of nitrogens with zero attached hydrogens (tertiary/aromatic N) is 3. The molecule has 1 atom stereocenters. The van der Waals surface area contributed by atoms with Gasteiger partial charge in [-0.2, -0.15) is 11.8 Å². The number of hydrogen-bond donors (Lipinski definition) is 1. The maximum absolute atomic E-state index is 6.02. The van der Waals surface area contributed by atoms with Gasteiger partial charge in [-0.1, -0.05) is 0 Å². The van der Waals surface area contributed by atoms with E-state index >= 15 is 0 Å². The highest BCUT2D eigenvalue weighted by Gasteiger charge is 2.12. The molecule has 1 rings (SSSR count). The smallest absolute Gasteiger partial charge is 0.149 e. The summed E-state index contributed by atoms with van der Waals surface area (Å²) in [5, 5.41) is 7.92. The molecule has 5 nitrogen and oxygen atoms in total. The van der Waals surface area contributed by atoms with Crippen molar-refractivity contribution in [3.63, 3.8) is 0 Å². The van der Waals surface area contributed by atoms with Gasteiger partial charge < -0.3 is 15.0 Å². The first kappa shape index (κ1) is 12.5. The Morgan fingerprint density at radius 3 is 3.13 bits per heavy atom. The summed E-state index contributed by atoms with van der Waals surface area (Å²) in [6.45, 7) is 1.41. The Morgan fingerprint density at radius 2 is 2.47 bits per heavy atom. The maximum atomic E-state index is 6.02. The monoisotopic (exact) mass is 230 g/mol. The van der Waals surface area contributed by atoms with E-state index in [2.05, 4.69) is 16.5 Å². The predicted molar refractivity (Wildman–Crippen MR) is 61.8 cm³/mol. The molecule has 0 aliphatic carbocycles. The van der Waals surface area contributed by atoms with Crippen molar-refractivity contribution >= 4 is 11.8 Å². The molecule has 0 aliphatic rings. The lowest BCUT2D eigenvalue weighted by molar-refractivity contribution is 0.185. The first-order valence-corrected chi connectivity index (χ1v) is 6.30. The Balaban J connectivity index is 2.54. The van der Waals surface area contributed by atoms with Crippen LogP contribution in [0.2, 0.25) is 0 Å². The van der Waals surface area contributed by atoms with Crippen molar-refractivity contribution in [2.45, 2.75) is 19.0 Å². The fraction of sp³-hybridized carbons (Fsp3) is 0.778. The molecule has 0 amide bonds. The van der Waals surface area contributed by atoms with E-state index in [1.165, 1.54) is 0 Å². The summed E-state index contributed by atoms with van der Waals surface area (Å²) in [7, 11) is 1.68. The molecular weight excluding hydrogens is 212 g/mol.